The normalized spacial score (nSPS) is 12.8. The van der Waals surface area contributed by atoms with Gasteiger partial charge in [0, 0.05) is 4.88 Å². The van der Waals surface area contributed by atoms with Crippen molar-refractivity contribution < 1.29 is 14.3 Å². The molecule has 1 N–H and O–H groups in total. The van der Waals surface area contributed by atoms with Gasteiger partial charge in [0.15, 0.2) is 11.5 Å². The molecule has 4 aromatic rings. The SMILES string of the molecule is COc1cc(/C=C(\C#N)C(=O)Nc2sc3c(c2C#N)CCCC3)cc(Br)c1OCc1cccc2ccccc12. The van der Waals surface area contributed by atoms with E-state index in [1.807, 2.05) is 30.3 Å². The van der Waals surface area contributed by atoms with E-state index >= 15 is 0 Å². The topological polar surface area (TPSA) is 95.1 Å². The van der Waals surface area contributed by atoms with Crippen LogP contribution in [-0.4, -0.2) is 13.0 Å². The van der Waals surface area contributed by atoms with Crippen molar-refractivity contribution in [3.05, 3.63) is 91.8 Å². The minimum absolute atomic E-state index is 0.0800. The molecule has 0 atom stereocenters. The third-order valence-electron chi connectivity index (χ3n) is 6.69. The maximum absolute atomic E-state index is 13.0. The molecule has 0 fully saturated rings. The Balaban J connectivity index is 1.38. The van der Waals surface area contributed by atoms with Crippen molar-refractivity contribution in [1.29, 1.82) is 10.5 Å². The standard InChI is InChI=1S/C31H24BrN3O3S/c1-37-27-15-19(14-26(32)29(27)38-18-21-9-6-8-20-7-2-3-10-23(20)21)13-22(16-33)30(36)35-31-25(17-34)24-11-4-5-12-28(24)39-31/h2-3,6-10,13-15H,4-5,11-12,18H2,1H3,(H,35,36)/b22-13+. The number of nitrogens with zero attached hydrogens (tertiary/aromatic N) is 2. The summed E-state index contributed by atoms with van der Waals surface area (Å²) in [5.74, 6) is 0.429. The quantitative estimate of drug-likeness (QED) is 0.175. The Morgan fingerprint density at radius 1 is 1.13 bits per heavy atom. The Morgan fingerprint density at radius 2 is 1.92 bits per heavy atom. The molecule has 1 aliphatic carbocycles. The first-order chi connectivity index (χ1) is 19.0. The van der Waals surface area contributed by atoms with Crippen molar-refractivity contribution in [2.24, 2.45) is 0 Å². The van der Waals surface area contributed by atoms with Crippen LogP contribution in [-0.2, 0) is 24.2 Å². The minimum Gasteiger partial charge on any atom is -0.493 e. The van der Waals surface area contributed by atoms with E-state index in [1.54, 1.807) is 19.2 Å². The van der Waals surface area contributed by atoms with Crippen LogP contribution >= 0.6 is 27.3 Å². The van der Waals surface area contributed by atoms with Gasteiger partial charge < -0.3 is 14.8 Å². The van der Waals surface area contributed by atoms with Crippen LogP contribution in [0.1, 0.15) is 40.0 Å². The maximum atomic E-state index is 13.0. The summed E-state index contributed by atoms with van der Waals surface area (Å²) in [6.07, 6.45) is 5.36. The summed E-state index contributed by atoms with van der Waals surface area (Å²) in [5, 5.41) is 25.0. The lowest BCUT2D eigenvalue weighted by Gasteiger charge is -2.15. The summed E-state index contributed by atoms with van der Waals surface area (Å²) >= 11 is 4.99. The number of hydrogen-bond donors (Lipinski definition) is 1. The van der Waals surface area contributed by atoms with Crippen molar-refractivity contribution in [2.75, 3.05) is 12.4 Å². The second kappa shape index (κ2) is 11.7. The van der Waals surface area contributed by atoms with Gasteiger partial charge in [-0.2, -0.15) is 10.5 Å². The second-order valence-electron chi connectivity index (χ2n) is 9.11. The fourth-order valence-electron chi connectivity index (χ4n) is 4.79. The summed E-state index contributed by atoms with van der Waals surface area (Å²) in [7, 11) is 1.54. The average Bonchev–Trinajstić information content (AvgIpc) is 3.31. The number of anilines is 1. The first-order valence-corrected chi connectivity index (χ1v) is 14.1. The number of benzene rings is 3. The Hall–Kier alpha value is -4.11. The zero-order valence-electron chi connectivity index (χ0n) is 21.2. The third-order valence-corrected chi connectivity index (χ3v) is 8.49. The lowest BCUT2D eigenvalue weighted by molar-refractivity contribution is -0.112. The zero-order chi connectivity index (χ0) is 27.4. The molecular weight excluding hydrogens is 574 g/mol. The summed E-state index contributed by atoms with van der Waals surface area (Å²) in [5.41, 5.74) is 3.09. The summed E-state index contributed by atoms with van der Waals surface area (Å²) in [4.78, 5) is 14.2. The van der Waals surface area contributed by atoms with E-state index in [0.29, 0.717) is 38.7 Å². The molecule has 1 heterocycles. The highest BCUT2D eigenvalue weighted by Gasteiger charge is 2.23. The molecule has 0 saturated carbocycles. The van der Waals surface area contributed by atoms with Crippen molar-refractivity contribution in [2.45, 2.75) is 32.3 Å². The number of nitrogens with one attached hydrogen (secondary N) is 1. The highest BCUT2D eigenvalue weighted by molar-refractivity contribution is 9.10. The molecule has 0 saturated heterocycles. The van der Waals surface area contributed by atoms with Crippen LogP contribution in [0, 0.1) is 22.7 Å². The van der Waals surface area contributed by atoms with Crippen molar-refractivity contribution in [3.8, 4) is 23.6 Å². The number of hydrogen-bond acceptors (Lipinski definition) is 6. The van der Waals surface area contributed by atoms with Gasteiger partial charge in [-0.15, -0.1) is 11.3 Å². The van der Waals surface area contributed by atoms with Gasteiger partial charge in [0.2, 0.25) is 0 Å². The molecule has 3 aromatic carbocycles. The molecule has 5 rings (SSSR count). The van der Waals surface area contributed by atoms with Gasteiger partial charge in [-0.1, -0.05) is 42.5 Å². The molecule has 1 aromatic heterocycles. The van der Waals surface area contributed by atoms with Gasteiger partial charge in [-0.05, 0) is 87.3 Å². The van der Waals surface area contributed by atoms with Gasteiger partial charge in [0.05, 0.1) is 17.1 Å². The molecule has 0 radical (unpaired) electrons. The van der Waals surface area contributed by atoms with Crippen LogP contribution in [0.5, 0.6) is 11.5 Å². The molecule has 0 spiro atoms. The Bertz CT molecular complexity index is 1690. The zero-order valence-corrected chi connectivity index (χ0v) is 23.6. The van der Waals surface area contributed by atoms with E-state index in [-0.39, 0.29) is 5.57 Å². The monoisotopic (exact) mass is 597 g/mol. The fourth-order valence-corrected chi connectivity index (χ4v) is 6.60. The van der Waals surface area contributed by atoms with Crippen molar-refractivity contribution in [3.63, 3.8) is 0 Å². The Morgan fingerprint density at radius 3 is 2.72 bits per heavy atom. The molecule has 8 heteroatoms. The lowest BCUT2D eigenvalue weighted by atomic mass is 9.96. The number of rotatable bonds is 7. The molecule has 0 unspecified atom stereocenters. The number of aryl methyl sites for hydroxylation is 1. The number of thiophene rings is 1. The predicted molar refractivity (Wildman–Crippen MR) is 157 cm³/mol. The molecule has 1 amide bonds. The average molecular weight is 599 g/mol. The third kappa shape index (κ3) is 5.54. The van der Waals surface area contributed by atoms with Crippen LogP contribution in [0.2, 0.25) is 0 Å². The number of nitriles is 2. The molecule has 1 aliphatic rings. The molecular formula is C31H24BrN3O3S. The highest BCUT2D eigenvalue weighted by atomic mass is 79.9. The van der Waals surface area contributed by atoms with Gasteiger partial charge >= 0.3 is 0 Å². The molecule has 6 nitrogen and oxygen atoms in total. The summed E-state index contributed by atoms with van der Waals surface area (Å²) < 4.78 is 12.4. The van der Waals surface area contributed by atoms with Crippen LogP contribution < -0.4 is 14.8 Å². The number of fused-ring (bicyclic) bond motifs is 2. The molecule has 0 bridgehead atoms. The van der Waals surface area contributed by atoms with Crippen LogP contribution in [0.15, 0.2) is 64.6 Å². The largest absolute Gasteiger partial charge is 0.493 e. The van der Waals surface area contributed by atoms with E-state index < -0.39 is 5.91 Å². The van der Waals surface area contributed by atoms with Crippen LogP contribution in [0.3, 0.4) is 0 Å². The van der Waals surface area contributed by atoms with E-state index in [1.165, 1.54) is 17.4 Å². The Labute approximate surface area is 239 Å². The first-order valence-electron chi connectivity index (χ1n) is 12.5. The minimum atomic E-state index is -0.557. The maximum Gasteiger partial charge on any atom is 0.266 e. The number of methoxy groups -OCH3 is 1. The number of halogens is 1. The van der Waals surface area contributed by atoms with Crippen molar-refractivity contribution >= 4 is 55.0 Å². The van der Waals surface area contributed by atoms with Gasteiger partial charge in [0.25, 0.3) is 5.91 Å². The van der Waals surface area contributed by atoms with E-state index in [2.05, 4.69) is 45.5 Å². The van der Waals surface area contributed by atoms with Gasteiger partial charge in [-0.3, -0.25) is 4.79 Å². The Kier molecular flexibility index (Phi) is 7.97. The lowest BCUT2D eigenvalue weighted by Crippen LogP contribution is -2.13. The van der Waals surface area contributed by atoms with E-state index in [0.717, 1.165) is 52.5 Å². The van der Waals surface area contributed by atoms with Gasteiger partial charge in [0.1, 0.15) is 29.3 Å². The fraction of sp³-hybridized carbons (Fsp3) is 0.194. The number of carbonyl (C=O) groups excluding carboxylic acids is 1. The molecule has 194 valence electrons. The summed E-state index contributed by atoms with van der Waals surface area (Å²) in [6, 6.07) is 21.9. The number of amides is 1. The van der Waals surface area contributed by atoms with Crippen molar-refractivity contribution in [1.82, 2.24) is 0 Å². The highest BCUT2D eigenvalue weighted by Crippen LogP contribution is 2.39. The smallest absolute Gasteiger partial charge is 0.266 e. The first kappa shape index (κ1) is 26.5. The predicted octanol–water partition coefficient (Wildman–Crippen LogP) is 7.55. The van der Waals surface area contributed by atoms with E-state index in [4.69, 9.17) is 9.47 Å². The van der Waals surface area contributed by atoms with Crippen LogP contribution in [0.25, 0.3) is 16.8 Å². The van der Waals surface area contributed by atoms with Crippen LogP contribution in [0.4, 0.5) is 5.00 Å². The van der Waals surface area contributed by atoms with E-state index in [9.17, 15) is 15.3 Å². The number of ether oxygens (including phenoxy) is 2. The summed E-state index contributed by atoms with van der Waals surface area (Å²) in [6.45, 7) is 0.337. The second-order valence-corrected chi connectivity index (χ2v) is 11.1. The molecule has 39 heavy (non-hydrogen) atoms. The van der Waals surface area contributed by atoms with Gasteiger partial charge in [-0.25, -0.2) is 0 Å². The number of carbonyl (C=O) groups is 1. The molecule has 0 aliphatic heterocycles.